The van der Waals surface area contributed by atoms with Crippen molar-refractivity contribution >= 4 is 28.3 Å². The zero-order valence-electron chi connectivity index (χ0n) is 13.9. The summed E-state index contributed by atoms with van der Waals surface area (Å²) in [6, 6.07) is 14.5. The third-order valence-corrected chi connectivity index (χ3v) is 4.29. The van der Waals surface area contributed by atoms with E-state index < -0.39 is 0 Å². The fourth-order valence-electron chi connectivity index (χ4n) is 2.96. The van der Waals surface area contributed by atoms with Crippen LogP contribution in [0, 0.1) is 6.92 Å². The van der Waals surface area contributed by atoms with E-state index >= 15 is 0 Å². The Morgan fingerprint density at radius 3 is 2.60 bits per heavy atom. The molecular weight excluding hydrogens is 316 g/mol. The maximum atomic E-state index is 12.8. The Morgan fingerprint density at radius 2 is 1.84 bits per heavy atom. The SMILES string of the molecule is Cc1cccn2c(=O)c3cc(C(=O)Nc4ccccc4)n(C)c3nc12. The van der Waals surface area contributed by atoms with E-state index in [9.17, 15) is 9.59 Å². The van der Waals surface area contributed by atoms with Crippen molar-refractivity contribution in [1.82, 2.24) is 14.0 Å². The lowest BCUT2D eigenvalue weighted by atomic mass is 10.2. The smallest absolute Gasteiger partial charge is 0.272 e. The van der Waals surface area contributed by atoms with Crippen LogP contribution in [0.3, 0.4) is 0 Å². The van der Waals surface area contributed by atoms with Crippen molar-refractivity contribution in [3.05, 3.63) is 76.3 Å². The van der Waals surface area contributed by atoms with Gasteiger partial charge in [-0.2, -0.15) is 0 Å². The number of nitrogens with one attached hydrogen (secondary N) is 1. The predicted octanol–water partition coefficient (Wildman–Crippen LogP) is 2.75. The van der Waals surface area contributed by atoms with Crippen LogP contribution < -0.4 is 10.9 Å². The molecule has 0 aliphatic carbocycles. The van der Waals surface area contributed by atoms with E-state index in [1.54, 1.807) is 23.9 Å². The molecule has 25 heavy (non-hydrogen) atoms. The normalized spacial score (nSPS) is 11.1. The van der Waals surface area contributed by atoms with Crippen LogP contribution in [-0.4, -0.2) is 19.9 Å². The molecule has 1 N–H and O–H groups in total. The molecule has 4 aromatic rings. The van der Waals surface area contributed by atoms with Gasteiger partial charge in [-0.25, -0.2) is 4.98 Å². The lowest BCUT2D eigenvalue weighted by Crippen LogP contribution is -2.16. The number of rotatable bonds is 2. The van der Waals surface area contributed by atoms with Crippen LogP contribution in [0.2, 0.25) is 0 Å². The van der Waals surface area contributed by atoms with Crippen LogP contribution in [0.4, 0.5) is 5.69 Å². The fraction of sp³-hybridized carbons (Fsp3) is 0.105. The second-order valence-electron chi connectivity index (χ2n) is 5.95. The molecule has 124 valence electrons. The van der Waals surface area contributed by atoms with Crippen LogP contribution in [0.1, 0.15) is 16.1 Å². The fourth-order valence-corrected chi connectivity index (χ4v) is 2.96. The summed E-state index contributed by atoms with van der Waals surface area (Å²) in [5.74, 6) is -0.281. The molecule has 0 aliphatic rings. The summed E-state index contributed by atoms with van der Waals surface area (Å²) in [4.78, 5) is 30.0. The molecule has 6 nitrogen and oxygen atoms in total. The number of carbonyl (C=O) groups excluding carboxylic acids is 1. The number of pyridine rings is 1. The maximum Gasteiger partial charge on any atom is 0.272 e. The van der Waals surface area contributed by atoms with Gasteiger partial charge in [0.15, 0.2) is 0 Å². The number of amides is 1. The lowest BCUT2D eigenvalue weighted by Gasteiger charge is -2.06. The molecule has 0 aliphatic heterocycles. The zero-order valence-corrected chi connectivity index (χ0v) is 13.9. The molecule has 0 fully saturated rings. The number of hydrogen-bond donors (Lipinski definition) is 1. The van der Waals surface area contributed by atoms with Gasteiger partial charge in [0.2, 0.25) is 0 Å². The number of aromatic nitrogens is 3. The zero-order chi connectivity index (χ0) is 17.6. The van der Waals surface area contributed by atoms with Gasteiger partial charge in [-0.1, -0.05) is 24.3 Å². The molecule has 0 radical (unpaired) electrons. The minimum Gasteiger partial charge on any atom is -0.324 e. The number of carbonyl (C=O) groups is 1. The number of para-hydroxylation sites is 1. The Kier molecular flexibility index (Phi) is 3.39. The molecule has 1 aromatic carbocycles. The predicted molar refractivity (Wildman–Crippen MR) is 97.1 cm³/mol. The lowest BCUT2D eigenvalue weighted by molar-refractivity contribution is 0.101. The van der Waals surface area contributed by atoms with Gasteiger partial charge in [0.1, 0.15) is 17.0 Å². The second kappa shape index (κ2) is 5.59. The first kappa shape index (κ1) is 15.1. The second-order valence-corrected chi connectivity index (χ2v) is 5.95. The molecule has 0 spiro atoms. The molecule has 0 atom stereocenters. The molecule has 0 saturated heterocycles. The molecule has 0 bridgehead atoms. The summed E-state index contributed by atoms with van der Waals surface area (Å²) in [5, 5.41) is 3.26. The van der Waals surface area contributed by atoms with Crippen molar-refractivity contribution in [1.29, 1.82) is 0 Å². The summed E-state index contributed by atoms with van der Waals surface area (Å²) >= 11 is 0. The van der Waals surface area contributed by atoms with Crippen LogP contribution in [0.5, 0.6) is 0 Å². The minimum atomic E-state index is -0.281. The number of anilines is 1. The van der Waals surface area contributed by atoms with Crippen molar-refractivity contribution < 1.29 is 4.79 Å². The van der Waals surface area contributed by atoms with E-state index in [1.165, 1.54) is 4.40 Å². The highest BCUT2D eigenvalue weighted by Gasteiger charge is 2.18. The first-order valence-corrected chi connectivity index (χ1v) is 7.90. The summed E-state index contributed by atoms with van der Waals surface area (Å²) in [6.07, 6.45) is 1.69. The molecule has 0 unspecified atom stereocenters. The number of fused-ring (bicyclic) bond motifs is 2. The highest BCUT2D eigenvalue weighted by atomic mass is 16.2. The molecule has 4 rings (SSSR count). The summed E-state index contributed by atoms with van der Waals surface area (Å²) in [5.41, 5.74) is 2.89. The number of hydrogen-bond acceptors (Lipinski definition) is 3. The molecular formula is C19H16N4O2. The Labute approximate surface area is 143 Å². The Hall–Kier alpha value is -3.41. The average molecular weight is 332 g/mol. The van der Waals surface area contributed by atoms with E-state index in [2.05, 4.69) is 10.3 Å². The standard InChI is InChI=1S/C19H16N4O2/c1-12-7-6-10-23-16(12)21-17-14(19(23)25)11-15(22(17)2)18(24)20-13-8-4-3-5-9-13/h3-11H,1-2H3,(H,20,24). The molecule has 3 heterocycles. The quantitative estimate of drug-likeness (QED) is 0.614. The van der Waals surface area contributed by atoms with Crippen LogP contribution in [-0.2, 0) is 7.05 Å². The molecule has 6 heteroatoms. The van der Waals surface area contributed by atoms with Crippen molar-refractivity contribution in [2.24, 2.45) is 7.05 Å². The van der Waals surface area contributed by atoms with Gasteiger partial charge in [0, 0.05) is 18.9 Å². The van der Waals surface area contributed by atoms with Crippen molar-refractivity contribution in [3.8, 4) is 0 Å². The van der Waals surface area contributed by atoms with E-state index in [-0.39, 0.29) is 11.5 Å². The van der Waals surface area contributed by atoms with Gasteiger partial charge in [0.05, 0.1) is 5.39 Å². The first-order valence-electron chi connectivity index (χ1n) is 7.90. The van der Waals surface area contributed by atoms with Gasteiger partial charge in [-0.15, -0.1) is 0 Å². The first-order chi connectivity index (χ1) is 12.1. The van der Waals surface area contributed by atoms with Crippen molar-refractivity contribution in [3.63, 3.8) is 0 Å². The largest absolute Gasteiger partial charge is 0.324 e. The third-order valence-electron chi connectivity index (χ3n) is 4.29. The monoisotopic (exact) mass is 332 g/mol. The molecule has 1 amide bonds. The Balaban J connectivity index is 1.89. The van der Waals surface area contributed by atoms with Crippen molar-refractivity contribution in [2.75, 3.05) is 5.32 Å². The van der Waals surface area contributed by atoms with Gasteiger partial charge in [-0.05, 0) is 36.8 Å². The Bertz CT molecular complexity index is 1170. The highest BCUT2D eigenvalue weighted by Crippen LogP contribution is 2.17. The maximum absolute atomic E-state index is 12.8. The average Bonchev–Trinajstić information content (AvgIpc) is 2.94. The summed E-state index contributed by atoms with van der Waals surface area (Å²) in [6.45, 7) is 1.90. The number of benzene rings is 1. The summed E-state index contributed by atoms with van der Waals surface area (Å²) < 4.78 is 3.16. The van der Waals surface area contributed by atoms with E-state index in [4.69, 9.17) is 0 Å². The minimum absolute atomic E-state index is 0.182. The van der Waals surface area contributed by atoms with Gasteiger partial charge in [0.25, 0.3) is 11.5 Å². The van der Waals surface area contributed by atoms with Gasteiger partial charge in [-0.3, -0.25) is 14.0 Å². The van der Waals surface area contributed by atoms with E-state index in [1.807, 2.05) is 49.4 Å². The topological polar surface area (TPSA) is 68.4 Å². The van der Waals surface area contributed by atoms with E-state index in [0.29, 0.717) is 28.1 Å². The van der Waals surface area contributed by atoms with Crippen LogP contribution >= 0.6 is 0 Å². The van der Waals surface area contributed by atoms with Crippen LogP contribution in [0.25, 0.3) is 16.7 Å². The number of aryl methyl sites for hydroxylation is 2. The van der Waals surface area contributed by atoms with Crippen LogP contribution in [0.15, 0.2) is 59.5 Å². The van der Waals surface area contributed by atoms with Crippen molar-refractivity contribution in [2.45, 2.75) is 6.92 Å². The molecule has 0 saturated carbocycles. The third kappa shape index (κ3) is 2.39. The number of nitrogens with zero attached hydrogens (tertiary/aromatic N) is 3. The summed E-state index contributed by atoms with van der Waals surface area (Å²) in [7, 11) is 1.74. The van der Waals surface area contributed by atoms with Gasteiger partial charge >= 0.3 is 0 Å². The Morgan fingerprint density at radius 1 is 1.08 bits per heavy atom. The van der Waals surface area contributed by atoms with E-state index in [0.717, 1.165) is 5.56 Å². The molecule has 3 aromatic heterocycles. The van der Waals surface area contributed by atoms with Gasteiger partial charge < -0.3 is 9.88 Å². The highest BCUT2D eigenvalue weighted by molar-refractivity contribution is 6.06.